The molecular weight excluding hydrogens is 230 g/mol. The number of unbranched alkanes of at least 4 members (excludes halogenated alkanes) is 8. The number of carbonyl (C=O) groups excluding carboxylic acids is 2. The Labute approximate surface area is 110 Å². The maximum absolute atomic E-state index is 11.2. The fraction of sp³-hybridized carbons (Fsp3) is 0.857. The Hall–Kier alpha value is -1.06. The molecule has 18 heavy (non-hydrogen) atoms. The SMILES string of the molecule is CCCCCCCCCCCC(=O)NCC([O])=O. The third-order valence-corrected chi connectivity index (χ3v) is 2.94. The van der Waals surface area contributed by atoms with Crippen molar-refractivity contribution in [1.82, 2.24) is 5.32 Å². The molecule has 0 heterocycles. The molecule has 0 aromatic carbocycles. The highest BCUT2D eigenvalue weighted by atomic mass is 16.4. The van der Waals surface area contributed by atoms with Gasteiger partial charge < -0.3 is 5.32 Å². The molecule has 1 amide bonds. The fourth-order valence-corrected chi connectivity index (χ4v) is 1.86. The lowest BCUT2D eigenvalue weighted by molar-refractivity contribution is -0.143. The summed E-state index contributed by atoms with van der Waals surface area (Å²) in [7, 11) is 0. The Bertz CT molecular complexity index is 229. The van der Waals surface area contributed by atoms with Gasteiger partial charge in [0.15, 0.2) is 0 Å². The highest BCUT2D eigenvalue weighted by Crippen LogP contribution is 2.10. The summed E-state index contributed by atoms with van der Waals surface area (Å²) in [5.74, 6) is -1.43. The predicted molar refractivity (Wildman–Crippen MR) is 70.5 cm³/mol. The van der Waals surface area contributed by atoms with Crippen molar-refractivity contribution in [3.8, 4) is 0 Å². The summed E-state index contributed by atoms with van der Waals surface area (Å²) in [5.41, 5.74) is 0. The van der Waals surface area contributed by atoms with E-state index in [4.69, 9.17) is 0 Å². The van der Waals surface area contributed by atoms with Crippen LogP contribution in [-0.4, -0.2) is 18.4 Å². The second-order valence-corrected chi connectivity index (χ2v) is 4.73. The standard InChI is InChI=1S/C14H26NO3/c1-2-3-4-5-6-7-8-9-10-11-13(16)15-12-14(17)18/h2-12H2,1H3,(H,15,16). The van der Waals surface area contributed by atoms with Crippen LogP contribution in [-0.2, 0) is 14.7 Å². The first-order valence-corrected chi connectivity index (χ1v) is 7.13. The van der Waals surface area contributed by atoms with Crippen LogP contribution in [0.5, 0.6) is 0 Å². The van der Waals surface area contributed by atoms with E-state index in [0.29, 0.717) is 6.42 Å². The van der Waals surface area contributed by atoms with Gasteiger partial charge in [-0.1, -0.05) is 58.3 Å². The molecule has 0 aliphatic carbocycles. The Morgan fingerprint density at radius 1 is 0.833 bits per heavy atom. The van der Waals surface area contributed by atoms with E-state index in [2.05, 4.69) is 12.2 Å². The Morgan fingerprint density at radius 2 is 1.33 bits per heavy atom. The minimum Gasteiger partial charge on any atom is -0.345 e. The minimum absolute atomic E-state index is 0.192. The highest BCUT2D eigenvalue weighted by Gasteiger charge is 2.04. The van der Waals surface area contributed by atoms with E-state index < -0.39 is 5.97 Å². The zero-order valence-corrected chi connectivity index (χ0v) is 11.5. The van der Waals surface area contributed by atoms with E-state index in [-0.39, 0.29) is 12.5 Å². The largest absolute Gasteiger partial charge is 0.374 e. The first-order valence-electron chi connectivity index (χ1n) is 7.13. The lowest BCUT2D eigenvalue weighted by Crippen LogP contribution is -2.28. The van der Waals surface area contributed by atoms with E-state index in [1.165, 1.54) is 44.9 Å². The van der Waals surface area contributed by atoms with Crippen molar-refractivity contribution in [1.29, 1.82) is 0 Å². The van der Waals surface area contributed by atoms with E-state index in [0.717, 1.165) is 12.8 Å². The van der Waals surface area contributed by atoms with Crippen LogP contribution in [0, 0.1) is 0 Å². The molecule has 0 unspecified atom stereocenters. The van der Waals surface area contributed by atoms with Crippen LogP contribution in [0.15, 0.2) is 0 Å². The quantitative estimate of drug-likeness (QED) is 0.545. The molecular formula is C14H26NO3. The molecule has 0 spiro atoms. The zero-order chi connectivity index (χ0) is 13.6. The van der Waals surface area contributed by atoms with Gasteiger partial charge in [-0.3, -0.25) is 4.79 Å². The van der Waals surface area contributed by atoms with Crippen LogP contribution in [0.2, 0.25) is 0 Å². The normalized spacial score (nSPS) is 10.3. The van der Waals surface area contributed by atoms with Gasteiger partial charge in [-0.05, 0) is 6.42 Å². The van der Waals surface area contributed by atoms with Crippen molar-refractivity contribution in [3.05, 3.63) is 0 Å². The van der Waals surface area contributed by atoms with Crippen LogP contribution in [0.4, 0.5) is 0 Å². The Kier molecular flexibility index (Phi) is 11.7. The summed E-state index contributed by atoms with van der Waals surface area (Å²) in [6.45, 7) is 1.84. The zero-order valence-electron chi connectivity index (χ0n) is 11.5. The van der Waals surface area contributed by atoms with E-state index in [1.54, 1.807) is 0 Å². The van der Waals surface area contributed by atoms with Crippen molar-refractivity contribution in [3.63, 3.8) is 0 Å². The highest BCUT2D eigenvalue weighted by molar-refractivity contribution is 5.80. The lowest BCUT2D eigenvalue weighted by Gasteiger charge is -2.02. The van der Waals surface area contributed by atoms with Gasteiger partial charge in [0.2, 0.25) is 5.91 Å². The Balaban J connectivity index is 3.15. The third-order valence-electron chi connectivity index (χ3n) is 2.94. The third kappa shape index (κ3) is 13.0. The maximum Gasteiger partial charge on any atom is 0.374 e. The van der Waals surface area contributed by atoms with Gasteiger partial charge >= 0.3 is 5.97 Å². The van der Waals surface area contributed by atoms with Gasteiger partial charge in [0, 0.05) is 6.42 Å². The molecule has 105 valence electrons. The van der Waals surface area contributed by atoms with Gasteiger partial charge in [-0.2, -0.15) is 0 Å². The van der Waals surface area contributed by atoms with Gasteiger partial charge in [0.25, 0.3) is 0 Å². The molecule has 4 heteroatoms. The van der Waals surface area contributed by atoms with Crippen molar-refractivity contribution < 1.29 is 14.7 Å². The van der Waals surface area contributed by atoms with E-state index >= 15 is 0 Å². The minimum atomic E-state index is -1.24. The van der Waals surface area contributed by atoms with E-state index in [1.807, 2.05) is 0 Å². The van der Waals surface area contributed by atoms with E-state index in [9.17, 15) is 14.7 Å². The molecule has 0 bridgehead atoms. The first kappa shape index (κ1) is 16.9. The van der Waals surface area contributed by atoms with Crippen LogP contribution >= 0.6 is 0 Å². The van der Waals surface area contributed by atoms with Crippen molar-refractivity contribution >= 4 is 11.9 Å². The number of hydrogen-bond donors (Lipinski definition) is 1. The first-order chi connectivity index (χ1) is 8.66. The number of amides is 1. The molecule has 0 atom stereocenters. The fourth-order valence-electron chi connectivity index (χ4n) is 1.86. The summed E-state index contributed by atoms with van der Waals surface area (Å²) in [6, 6.07) is 0. The number of rotatable bonds is 12. The molecule has 0 fully saturated rings. The summed E-state index contributed by atoms with van der Waals surface area (Å²) < 4.78 is 0. The topological polar surface area (TPSA) is 66.1 Å². The molecule has 1 N–H and O–H groups in total. The second-order valence-electron chi connectivity index (χ2n) is 4.73. The number of nitrogens with one attached hydrogen (secondary N) is 1. The molecule has 1 radical (unpaired) electrons. The summed E-state index contributed by atoms with van der Waals surface area (Å²) in [4.78, 5) is 21.3. The smallest absolute Gasteiger partial charge is 0.345 e. The van der Waals surface area contributed by atoms with Crippen LogP contribution in [0.25, 0.3) is 0 Å². The van der Waals surface area contributed by atoms with Gasteiger partial charge in [-0.15, -0.1) is 0 Å². The van der Waals surface area contributed by atoms with Crippen molar-refractivity contribution in [2.24, 2.45) is 0 Å². The molecule has 0 aromatic rings. The van der Waals surface area contributed by atoms with Gasteiger partial charge in [-0.25, -0.2) is 9.90 Å². The Morgan fingerprint density at radius 3 is 1.83 bits per heavy atom. The molecule has 0 aliphatic heterocycles. The molecule has 0 aromatic heterocycles. The van der Waals surface area contributed by atoms with Gasteiger partial charge in [0.05, 0.1) is 0 Å². The molecule has 4 nitrogen and oxygen atoms in total. The van der Waals surface area contributed by atoms with Crippen molar-refractivity contribution in [2.45, 2.75) is 71.1 Å². The summed E-state index contributed by atoms with van der Waals surface area (Å²) in [5, 5.41) is 12.4. The maximum atomic E-state index is 11.2. The van der Waals surface area contributed by atoms with Crippen LogP contribution in [0.1, 0.15) is 71.1 Å². The summed E-state index contributed by atoms with van der Waals surface area (Å²) >= 11 is 0. The molecule has 0 aliphatic rings. The summed E-state index contributed by atoms with van der Waals surface area (Å²) in [6.07, 6.45) is 11.3. The van der Waals surface area contributed by atoms with Crippen LogP contribution in [0.3, 0.4) is 0 Å². The second kappa shape index (κ2) is 12.4. The average molecular weight is 256 g/mol. The molecule has 0 saturated carbocycles. The number of carbonyl (C=O) groups is 2. The van der Waals surface area contributed by atoms with Gasteiger partial charge in [0.1, 0.15) is 6.54 Å². The average Bonchev–Trinajstić information content (AvgIpc) is 2.34. The predicted octanol–water partition coefficient (Wildman–Crippen LogP) is 2.98. The molecule has 0 rings (SSSR count). The number of hydrogen-bond acceptors (Lipinski definition) is 2. The lowest BCUT2D eigenvalue weighted by atomic mass is 10.1. The monoisotopic (exact) mass is 256 g/mol. The van der Waals surface area contributed by atoms with Crippen LogP contribution < -0.4 is 5.32 Å². The molecule has 0 saturated heterocycles. The van der Waals surface area contributed by atoms with Crippen molar-refractivity contribution in [2.75, 3.05) is 6.54 Å².